The van der Waals surface area contributed by atoms with Crippen molar-refractivity contribution in [1.82, 2.24) is 0 Å². The average Bonchev–Trinajstić information content (AvgIpc) is 4.05. The van der Waals surface area contributed by atoms with E-state index in [1.807, 2.05) is 68.0 Å². The third-order valence-corrected chi connectivity index (χ3v) is 20.2. The van der Waals surface area contributed by atoms with Crippen LogP contribution in [0.1, 0.15) is 76.3 Å². The molecule has 0 fully saturated rings. The Morgan fingerprint density at radius 3 is 1.03 bits per heavy atom. The van der Waals surface area contributed by atoms with Gasteiger partial charge in [-0.1, -0.05) is 116 Å². The van der Waals surface area contributed by atoms with Gasteiger partial charge in [0.25, 0.3) is 0 Å². The predicted octanol–water partition coefficient (Wildman–Crippen LogP) is 18.4. The van der Waals surface area contributed by atoms with Crippen LogP contribution in [0.25, 0.3) is 61.3 Å². The number of benzene rings is 1. The van der Waals surface area contributed by atoms with E-state index in [1.165, 1.54) is 104 Å². The average molecular weight is 887 g/mol. The second-order valence-corrected chi connectivity index (χ2v) is 25.0. The molecule has 1 aromatic carbocycles. The third kappa shape index (κ3) is 5.74. The van der Waals surface area contributed by atoms with Crippen LogP contribution in [0, 0.1) is 21.7 Å². The first kappa shape index (κ1) is 38.8. The maximum Gasteiger partial charge on any atom is 0.0449 e. The normalized spacial score (nSPS) is 21.1. The Morgan fingerprint density at radius 2 is 0.700 bits per heavy atom. The number of thiophene rings is 6. The highest BCUT2D eigenvalue weighted by Crippen LogP contribution is 2.75. The lowest BCUT2D eigenvalue weighted by Crippen LogP contribution is -2.49. The van der Waals surface area contributed by atoms with Crippen LogP contribution in [0.3, 0.4) is 0 Å². The van der Waals surface area contributed by atoms with Crippen molar-refractivity contribution in [3.63, 3.8) is 0 Å². The third-order valence-electron chi connectivity index (χ3n) is 13.3. The molecule has 0 N–H and O–H groups in total. The van der Waals surface area contributed by atoms with E-state index in [4.69, 9.17) is 0 Å². The molecule has 11 rings (SSSR count). The number of allylic oxidation sites excluding steroid dienone is 12. The molecule has 2 atom stereocenters. The van der Waals surface area contributed by atoms with E-state index in [2.05, 4.69) is 188 Å². The Morgan fingerprint density at radius 1 is 0.367 bits per heavy atom. The molecule has 0 nitrogen and oxygen atoms in total. The van der Waals surface area contributed by atoms with Crippen LogP contribution in [0.5, 0.6) is 0 Å². The van der Waals surface area contributed by atoms with Crippen LogP contribution in [0.2, 0.25) is 0 Å². The van der Waals surface area contributed by atoms with E-state index >= 15 is 0 Å². The molecular weight excluding hydrogens is 841 g/mol. The van der Waals surface area contributed by atoms with Crippen molar-refractivity contribution >= 4 is 90.3 Å². The van der Waals surface area contributed by atoms with Gasteiger partial charge in [0.15, 0.2) is 0 Å². The number of hydrogen-bond donors (Lipinski definition) is 0. The van der Waals surface area contributed by atoms with Crippen molar-refractivity contribution < 1.29 is 0 Å². The SMILES string of the molecule is CC(C)(C)C1=CC2=C(c3ccc(-c4ccc(-c5cccs5)s4)s3)C(c3ccc(-c4ccc(-c5cccs5)s4)s3)=C3C=C(C(C)(C)C)C=C4c5ccccc5C(=C1)[C@@]2(C)[C@]43C. The summed E-state index contributed by atoms with van der Waals surface area (Å²) in [4.78, 5) is 13.4. The summed E-state index contributed by atoms with van der Waals surface area (Å²) in [6.07, 6.45) is 10.4. The maximum absolute atomic E-state index is 2.62. The minimum atomic E-state index is -0.321. The fourth-order valence-corrected chi connectivity index (χ4v) is 15.8. The molecule has 0 aliphatic heterocycles. The van der Waals surface area contributed by atoms with Gasteiger partial charge in [0.05, 0.1) is 0 Å². The van der Waals surface area contributed by atoms with Crippen LogP contribution in [-0.4, -0.2) is 0 Å². The van der Waals surface area contributed by atoms with Crippen molar-refractivity contribution in [3.8, 4) is 39.0 Å². The summed E-state index contributed by atoms with van der Waals surface area (Å²) >= 11 is 11.4. The number of rotatable bonds is 6. The minimum absolute atomic E-state index is 0.0419. The van der Waals surface area contributed by atoms with Crippen molar-refractivity contribution in [2.45, 2.75) is 55.4 Å². The van der Waals surface area contributed by atoms with Gasteiger partial charge in [-0.2, -0.15) is 0 Å². The van der Waals surface area contributed by atoms with Crippen molar-refractivity contribution in [2.75, 3.05) is 0 Å². The Labute approximate surface area is 378 Å². The fraction of sp³-hybridized carbons (Fsp3) is 0.222. The molecule has 0 spiro atoms. The van der Waals surface area contributed by atoms with Crippen LogP contribution in [0.4, 0.5) is 0 Å². The topological polar surface area (TPSA) is 0 Å². The molecule has 60 heavy (non-hydrogen) atoms. The summed E-state index contributed by atoms with van der Waals surface area (Å²) in [5.41, 5.74) is 13.4. The standard InChI is InChI=1S/C54H46S6/c1-51(2,3)31-27-35-33-13-9-10-14-34(33)36-28-32(52(4,5)6)30-38-50(48-24-22-46(60-48)44-20-18-42(58-44)40-16-12-26-56-40)49(37(29-31)53(35,7)54(36,38)8)47-23-21-45(59-47)43-19-17-41(57-43)39-15-11-25-55-39/h9-30H,1-8H3/t53-,54-/m1/s1. The zero-order chi connectivity index (χ0) is 41.3. The van der Waals surface area contributed by atoms with Gasteiger partial charge >= 0.3 is 0 Å². The molecule has 6 heteroatoms. The molecule has 6 heterocycles. The van der Waals surface area contributed by atoms with Crippen molar-refractivity contribution in [3.05, 3.63) is 175 Å². The molecule has 0 unspecified atom stereocenters. The zero-order valence-electron chi connectivity index (χ0n) is 35.2. The van der Waals surface area contributed by atoms with E-state index in [1.54, 1.807) is 0 Å². The Bertz CT molecular complexity index is 2850. The lowest BCUT2D eigenvalue weighted by atomic mass is 9.41. The van der Waals surface area contributed by atoms with E-state index in [-0.39, 0.29) is 21.7 Å². The van der Waals surface area contributed by atoms with Crippen molar-refractivity contribution in [2.24, 2.45) is 21.7 Å². The minimum Gasteiger partial charge on any atom is -0.143 e. The molecule has 4 aliphatic carbocycles. The molecule has 0 saturated carbocycles. The van der Waals surface area contributed by atoms with Gasteiger partial charge in [-0.05, 0) is 127 Å². The summed E-state index contributed by atoms with van der Waals surface area (Å²) in [7, 11) is 0. The lowest BCUT2D eigenvalue weighted by Gasteiger charge is -2.61. The Balaban J connectivity index is 1.22. The van der Waals surface area contributed by atoms with Crippen LogP contribution in [0.15, 0.2) is 154 Å². The summed E-state index contributed by atoms with van der Waals surface area (Å²) in [6, 6.07) is 37.0. The lowest BCUT2D eigenvalue weighted by molar-refractivity contribution is 0.301. The van der Waals surface area contributed by atoms with E-state index in [9.17, 15) is 0 Å². The van der Waals surface area contributed by atoms with Gasteiger partial charge in [-0.3, -0.25) is 0 Å². The van der Waals surface area contributed by atoms with Crippen LogP contribution < -0.4 is 0 Å². The van der Waals surface area contributed by atoms with E-state index in [0.717, 1.165) is 0 Å². The molecule has 0 radical (unpaired) electrons. The fourth-order valence-electron chi connectivity index (χ4n) is 9.84. The van der Waals surface area contributed by atoms with Gasteiger partial charge in [-0.25, -0.2) is 0 Å². The van der Waals surface area contributed by atoms with E-state index in [0.29, 0.717) is 0 Å². The quantitative estimate of drug-likeness (QED) is 0.156. The van der Waals surface area contributed by atoms with Crippen molar-refractivity contribution in [1.29, 1.82) is 0 Å². The predicted molar refractivity (Wildman–Crippen MR) is 269 cm³/mol. The highest BCUT2D eigenvalue weighted by molar-refractivity contribution is 7.27. The zero-order valence-corrected chi connectivity index (χ0v) is 40.1. The van der Waals surface area contributed by atoms with Gasteiger partial charge < -0.3 is 0 Å². The Hall–Kier alpha value is -4.14. The number of hydrogen-bond acceptors (Lipinski definition) is 6. The second-order valence-electron chi connectivity index (χ2n) is 18.8. The molecule has 4 aliphatic rings. The first-order valence-corrected chi connectivity index (χ1v) is 25.7. The summed E-state index contributed by atoms with van der Waals surface area (Å²) < 4.78 is 0. The molecule has 0 bridgehead atoms. The molecule has 298 valence electrons. The second kappa shape index (κ2) is 13.7. The van der Waals surface area contributed by atoms with Gasteiger partial charge in [0.2, 0.25) is 0 Å². The van der Waals surface area contributed by atoms with E-state index < -0.39 is 0 Å². The summed E-state index contributed by atoms with van der Waals surface area (Å²) in [5, 5.41) is 4.35. The summed E-state index contributed by atoms with van der Waals surface area (Å²) in [6.45, 7) is 19.5. The largest absolute Gasteiger partial charge is 0.143 e. The molecular formula is C54H46S6. The molecule has 7 aromatic rings. The Kier molecular flexibility index (Phi) is 8.84. The summed E-state index contributed by atoms with van der Waals surface area (Å²) in [5.74, 6) is 0. The molecule has 6 aromatic heterocycles. The highest BCUT2D eigenvalue weighted by atomic mass is 32.1. The van der Waals surface area contributed by atoms with Gasteiger partial charge in [0, 0.05) is 70.7 Å². The number of fused-ring (bicyclic) bond motifs is 3. The van der Waals surface area contributed by atoms with Gasteiger partial charge in [-0.15, -0.1) is 68.0 Å². The first-order chi connectivity index (χ1) is 28.7. The first-order valence-electron chi connectivity index (χ1n) is 20.7. The monoisotopic (exact) mass is 886 g/mol. The smallest absolute Gasteiger partial charge is 0.0449 e. The molecule has 0 amide bonds. The van der Waals surface area contributed by atoms with Crippen LogP contribution >= 0.6 is 68.0 Å². The highest BCUT2D eigenvalue weighted by Gasteiger charge is 2.62. The molecule has 0 saturated heterocycles. The van der Waals surface area contributed by atoms with Crippen LogP contribution in [-0.2, 0) is 0 Å². The maximum atomic E-state index is 2.62. The van der Waals surface area contributed by atoms with Gasteiger partial charge in [0.1, 0.15) is 0 Å².